The van der Waals surface area contributed by atoms with Crippen LogP contribution in [0.15, 0.2) is 133 Å². The topological polar surface area (TPSA) is 150 Å². The molecule has 0 spiro atoms. The van der Waals surface area contributed by atoms with Crippen molar-refractivity contribution >= 4 is 40.3 Å². The number of alkyl halides is 9. The molecule has 0 amide bonds. The van der Waals surface area contributed by atoms with E-state index in [0.717, 1.165) is 64.5 Å². The van der Waals surface area contributed by atoms with Crippen molar-refractivity contribution in [3.05, 3.63) is 167 Å². The molecule has 6 aliphatic heterocycles. The summed E-state index contributed by atoms with van der Waals surface area (Å²) in [4.78, 5) is 14.8. The SMILES string of the molecule is CC(C)(C)OC(=O)OC1C=CCOC1.Cc1ccc2c(c1)Oc1cc(C(F)(F)F)ccc1N2.Cc1ccc2c(c1)Oc1cc(C(F)(F)F)ccc1N2[C@@H]1C=CCOC1.Cc1ccc2c(c1)Oc1cc(C(F)(F)F)ccc1N2[C@H]1COC[C@H](O)[C@@H]1O. The van der Waals surface area contributed by atoms with Crippen LogP contribution in [0.5, 0.6) is 34.5 Å². The lowest BCUT2D eigenvalue weighted by Gasteiger charge is -2.43. The van der Waals surface area contributed by atoms with Gasteiger partial charge in [0.2, 0.25) is 0 Å². The molecule has 6 aromatic carbocycles. The fourth-order valence-corrected chi connectivity index (χ4v) is 9.59. The van der Waals surface area contributed by atoms with E-state index < -0.39 is 65.2 Å². The minimum Gasteiger partial charge on any atom is -0.453 e. The van der Waals surface area contributed by atoms with Gasteiger partial charge in [-0.3, -0.25) is 0 Å². The van der Waals surface area contributed by atoms with Gasteiger partial charge in [0.1, 0.15) is 23.9 Å². The van der Waals surface area contributed by atoms with Crippen molar-refractivity contribution in [3.63, 3.8) is 0 Å². The van der Waals surface area contributed by atoms with E-state index in [1.165, 1.54) is 18.2 Å². The van der Waals surface area contributed by atoms with Gasteiger partial charge in [-0.1, -0.05) is 36.4 Å². The third-order valence-electron chi connectivity index (χ3n) is 13.6. The fourth-order valence-electron chi connectivity index (χ4n) is 9.59. The number of rotatable bonds is 3. The number of hydrogen-bond donors (Lipinski definition) is 3. The third-order valence-corrected chi connectivity index (χ3v) is 13.6. The standard InChI is InChI=1S/C19H18F3NO4.C19H16F3NO2.C14H10F3NO.C10H16O4/c1-10-2-4-12-16(6-10)27-17-7-11(19(20,21)22)3-5-13(17)23(12)14-8-26-9-15(24)18(14)25;1-12-4-6-15-17(9-12)25-18-10-13(19(20,21)22)5-7-16(18)23(15)14-3-2-8-24-11-14;1-8-2-4-10-12(6-8)19-13-7-9(14(15,16)17)3-5-11(13)18-10;1-10(2,3)14-9(11)13-8-5-4-6-12-7-8/h2-7,14-15,18,24-25H,8-9H2,1H3;2-7,9-10,14H,8,11H2,1H3;2-7,18H,1H3;4-5,8H,6-7H2,1-3H3/t14-,15-,18+;14-;;/m01../s1. The van der Waals surface area contributed by atoms with Crippen molar-refractivity contribution in [3.8, 4) is 34.5 Å². The summed E-state index contributed by atoms with van der Waals surface area (Å²) in [5.41, 5.74) is 3.72. The highest BCUT2D eigenvalue weighted by Crippen LogP contribution is 2.52. The fraction of sp³-hybridized carbons (Fsp3) is 0.339. The number of nitrogens with one attached hydrogen (secondary N) is 1. The molecule has 0 aliphatic carbocycles. The lowest BCUT2D eigenvalue weighted by atomic mass is 9.98. The number of ether oxygens (including phenoxy) is 8. The minimum atomic E-state index is -4.50. The average molecular weight is 1190 g/mol. The van der Waals surface area contributed by atoms with Gasteiger partial charge >= 0.3 is 24.7 Å². The smallest absolute Gasteiger partial charge is 0.453 e. The molecule has 1 unspecified atom stereocenters. The third kappa shape index (κ3) is 14.9. The highest BCUT2D eigenvalue weighted by atomic mass is 19.4. The minimum absolute atomic E-state index is 0.00261. The first kappa shape index (κ1) is 61.6. The summed E-state index contributed by atoms with van der Waals surface area (Å²) in [6, 6.07) is 26.1. The summed E-state index contributed by atoms with van der Waals surface area (Å²) in [5, 5.41) is 23.5. The summed E-state index contributed by atoms with van der Waals surface area (Å²) in [6.45, 7) is 13.1. The van der Waals surface area contributed by atoms with Gasteiger partial charge in [0, 0.05) is 0 Å². The van der Waals surface area contributed by atoms with Gasteiger partial charge in [-0.2, -0.15) is 39.5 Å². The monoisotopic (exact) mass is 1190 g/mol. The van der Waals surface area contributed by atoms with Crippen LogP contribution >= 0.6 is 0 Å². The van der Waals surface area contributed by atoms with Crippen LogP contribution in [-0.2, 0) is 42.2 Å². The van der Waals surface area contributed by atoms with E-state index in [1.54, 1.807) is 49.9 Å². The molecule has 0 aromatic heterocycles. The van der Waals surface area contributed by atoms with E-state index in [1.807, 2.05) is 80.3 Å². The predicted molar refractivity (Wildman–Crippen MR) is 297 cm³/mol. The maximum Gasteiger partial charge on any atom is 0.509 e. The number of nitrogens with zero attached hydrogens (tertiary/aromatic N) is 2. The molecule has 12 rings (SSSR count). The van der Waals surface area contributed by atoms with Gasteiger partial charge in [0.15, 0.2) is 34.5 Å². The van der Waals surface area contributed by atoms with Crippen molar-refractivity contribution in [1.82, 2.24) is 0 Å². The lowest BCUT2D eigenvalue weighted by molar-refractivity contribution is -0.138. The Balaban J connectivity index is 0.000000139. The molecular weight excluding hydrogens is 1130 g/mol. The summed E-state index contributed by atoms with van der Waals surface area (Å²) in [7, 11) is 0. The van der Waals surface area contributed by atoms with E-state index in [2.05, 4.69) is 5.32 Å². The van der Waals surface area contributed by atoms with Gasteiger partial charge in [-0.15, -0.1) is 0 Å². The first-order valence-corrected chi connectivity index (χ1v) is 26.8. The number of carbonyl (C=O) groups excluding carboxylic acids is 1. The van der Waals surface area contributed by atoms with Gasteiger partial charge < -0.3 is 63.2 Å². The van der Waals surface area contributed by atoms with Crippen LogP contribution in [0.4, 0.5) is 78.4 Å². The molecule has 5 atom stereocenters. The van der Waals surface area contributed by atoms with Crippen molar-refractivity contribution < 1.29 is 92.4 Å². The second kappa shape index (κ2) is 24.9. The van der Waals surface area contributed by atoms with E-state index in [4.69, 9.17) is 37.9 Å². The Hall–Kier alpha value is -7.96. The van der Waals surface area contributed by atoms with Crippen LogP contribution in [-0.4, -0.2) is 92.0 Å². The number of fused-ring (bicyclic) bond motifs is 6. The number of aliphatic hydroxyl groups is 2. The van der Waals surface area contributed by atoms with Crippen LogP contribution in [0.1, 0.15) is 54.2 Å². The Kier molecular flexibility index (Phi) is 18.1. The molecule has 6 heterocycles. The first-order chi connectivity index (χ1) is 40.1. The second-order valence-electron chi connectivity index (χ2n) is 21.5. The van der Waals surface area contributed by atoms with Crippen molar-refractivity contribution in [2.45, 2.75) is 96.1 Å². The molecule has 452 valence electrons. The van der Waals surface area contributed by atoms with Crippen molar-refractivity contribution in [2.24, 2.45) is 0 Å². The molecule has 0 radical (unpaired) electrons. The number of benzene rings is 6. The van der Waals surface area contributed by atoms with Crippen molar-refractivity contribution in [2.75, 3.05) is 54.8 Å². The number of aliphatic hydroxyl groups excluding tert-OH is 2. The van der Waals surface area contributed by atoms with Crippen LogP contribution in [0.2, 0.25) is 0 Å². The number of carbonyl (C=O) groups is 1. The molecule has 14 nitrogen and oxygen atoms in total. The number of hydrogen-bond acceptors (Lipinski definition) is 14. The summed E-state index contributed by atoms with van der Waals surface area (Å²) in [5.74, 6) is 1.89. The van der Waals surface area contributed by atoms with Gasteiger partial charge in [0.25, 0.3) is 0 Å². The predicted octanol–water partition coefficient (Wildman–Crippen LogP) is 15.3. The maximum absolute atomic E-state index is 13.1. The normalized spacial score (nSPS) is 20.0. The Morgan fingerprint density at radius 2 is 0.941 bits per heavy atom. The molecule has 6 aliphatic rings. The summed E-state index contributed by atoms with van der Waals surface area (Å²) in [6.07, 6.45) is -8.92. The molecule has 1 fully saturated rings. The highest BCUT2D eigenvalue weighted by molar-refractivity contribution is 5.81. The molecule has 23 heteroatoms. The molecular formula is C62H60F9N3O11. The van der Waals surface area contributed by atoms with E-state index in [-0.39, 0.29) is 42.6 Å². The number of aryl methyl sites for hydroxylation is 3. The first-order valence-electron chi connectivity index (χ1n) is 26.8. The molecule has 3 N–H and O–H groups in total. The Morgan fingerprint density at radius 1 is 0.518 bits per heavy atom. The largest absolute Gasteiger partial charge is 0.509 e. The highest BCUT2D eigenvalue weighted by Gasteiger charge is 2.42. The average Bonchev–Trinajstić information content (AvgIpc) is 1.05. The van der Waals surface area contributed by atoms with E-state index in [9.17, 15) is 54.5 Å². The van der Waals surface area contributed by atoms with Crippen LogP contribution in [0.25, 0.3) is 0 Å². The molecule has 85 heavy (non-hydrogen) atoms. The quantitative estimate of drug-likeness (QED) is 0.0875. The molecule has 6 aromatic rings. The zero-order chi connectivity index (χ0) is 61.2. The molecule has 1 saturated heterocycles. The van der Waals surface area contributed by atoms with Gasteiger partial charge in [0.05, 0.1) is 103 Å². The van der Waals surface area contributed by atoms with Crippen LogP contribution in [0, 0.1) is 20.8 Å². The maximum atomic E-state index is 13.1. The molecule has 0 bridgehead atoms. The number of anilines is 6. The summed E-state index contributed by atoms with van der Waals surface area (Å²) < 4.78 is 160. The Morgan fingerprint density at radius 3 is 1.44 bits per heavy atom. The van der Waals surface area contributed by atoms with Crippen LogP contribution in [0.3, 0.4) is 0 Å². The zero-order valence-electron chi connectivity index (χ0n) is 46.7. The Labute approximate surface area is 483 Å². The van der Waals surface area contributed by atoms with Gasteiger partial charge in [-0.05, 0) is 155 Å². The van der Waals surface area contributed by atoms with Crippen molar-refractivity contribution in [1.29, 1.82) is 0 Å². The molecule has 0 saturated carbocycles. The summed E-state index contributed by atoms with van der Waals surface area (Å²) >= 11 is 0. The van der Waals surface area contributed by atoms with Crippen LogP contribution < -0.4 is 29.3 Å². The zero-order valence-corrected chi connectivity index (χ0v) is 46.7. The number of halogens is 9. The van der Waals surface area contributed by atoms with E-state index >= 15 is 0 Å². The van der Waals surface area contributed by atoms with E-state index in [0.29, 0.717) is 66.4 Å². The van der Waals surface area contributed by atoms with Gasteiger partial charge in [-0.25, -0.2) is 4.79 Å². The second-order valence-corrected chi connectivity index (χ2v) is 21.5. The Bertz CT molecular complexity index is 3450. The lowest BCUT2D eigenvalue weighted by Crippen LogP contribution is -2.55.